The highest BCUT2D eigenvalue weighted by atomic mass is 16.2. The summed E-state index contributed by atoms with van der Waals surface area (Å²) in [4.78, 5) is 12.4. The number of fused-ring (bicyclic) bond motifs is 1. The molecule has 0 aliphatic carbocycles. The van der Waals surface area contributed by atoms with E-state index in [1.165, 1.54) is 22.6 Å². The summed E-state index contributed by atoms with van der Waals surface area (Å²) in [6, 6.07) is 27.3. The second-order valence-electron chi connectivity index (χ2n) is 7.78. The van der Waals surface area contributed by atoms with Crippen LogP contribution in [0.4, 0.5) is 11.4 Å². The molecule has 1 unspecified atom stereocenters. The third kappa shape index (κ3) is 2.69. The Kier molecular flexibility index (Phi) is 4.30. The first-order valence-electron chi connectivity index (χ1n) is 10.1. The van der Waals surface area contributed by atoms with Crippen molar-refractivity contribution in [2.45, 2.75) is 20.4 Å². The van der Waals surface area contributed by atoms with Crippen molar-refractivity contribution in [2.75, 3.05) is 0 Å². The number of hydrogen-bond acceptors (Lipinski definition) is 2. The Morgan fingerprint density at radius 2 is 1.50 bits per heavy atom. The number of allylic oxidation sites excluding steroid dienone is 2. The lowest BCUT2D eigenvalue weighted by molar-refractivity contribution is -0.112. The molecule has 1 atom stereocenters. The van der Waals surface area contributed by atoms with Crippen molar-refractivity contribution in [3.8, 4) is 0 Å². The number of nitrogens with zero attached hydrogens (tertiary/aromatic N) is 3. The third-order valence-electron chi connectivity index (χ3n) is 6.05. The predicted molar refractivity (Wildman–Crippen MR) is 121 cm³/mol. The highest BCUT2D eigenvalue weighted by Crippen LogP contribution is 2.50. The minimum absolute atomic E-state index is 0.264. The van der Waals surface area contributed by atoms with Gasteiger partial charge < -0.3 is 0 Å². The van der Waals surface area contributed by atoms with Crippen molar-refractivity contribution in [1.82, 2.24) is 4.48 Å². The van der Waals surface area contributed by atoms with E-state index >= 15 is 0 Å². The Hall–Kier alpha value is -3.63. The Bertz CT molecular complexity index is 1240. The van der Waals surface area contributed by atoms with Crippen LogP contribution in [0.3, 0.4) is 0 Å². The van der Waals surface area contributed by atoms with E-state index in [0.29, 0.717) is 15.8 Å². The van der Waals surface area contributed by atoms with Gasteiger partial charge in [0.25, 0.3) is 5.91 Å². The van der Waals surface area contributed by atoms with Gasteiger partial charge in [-0.1, -0.05) is 60.7 Å². The van der Waals surface area contributed by atoms with Crippen LogP contribution in [0.25, 0.3) is 11.6 Å². The molecule has 0 N–H and O–H groups in total. The fourth-order valence-electron chi connectivity index (χ4n) is 4.63. The number of rotatable bonds is 4. The summed E-state index contributed by atoms with van der Waals surface area (Å²) in [5, 5.41) is 7.78. The van der Waals surface area contributed by atoms with Crippen molar-refractivity contribution < 1.29 is 4.79 Å². The zero-order valence-electron chi connectivity index (χ0n) is 17.0. The maximum absolute atomic E-state index is 12.4. The number of hydrogen-bond donors (Lipinski definition) is 0. The fourth-order valence-corrected chi connectivity index (χ4v) is 4.63. The van der Waals surface area contributed by atoms with Crippen molar-refractivity contribution in [1.29, 1.82) is 0 Å². The summed E-state index contributed by atoms with van der Waals surface area (Å²) in [7, 11) is 0. The summed E-state index contributed by atoms with van der Waals surface area (Å²) in [6.45, 7) is 4.81. The average Bonchev–Trinajstić information content (AvgIpc) is 3.26. The van der Waals surface area contributed by atoms with Gasteiger partial charge in [-0.25, -0.2) is 4.48 Å². The Morgan fingerprint density at radius 1 is 0.800 bits per heavy atom. The van der Waals surface area contributed by atoms with Crippen molar-refractivity contribution >= 4 is 28.9 Å². The molecule has 0 aromatic heterocycles. The monoisotopic (exact) mass is 392 g/mol. The molecule has 0 spiro atoms. The molecular weight excluding hydrogens is 370 g/mol. The quantitative estimate of drug-likeness (QED) is 0.460. The molecule has 0 saturated heterocycles. The van der Waals surface area contributed by atoms with Crippen molar-refractivity contribution in [2.24, 2.45) is 10.2 Å². The van der Waals surface area contributed by atoms with Gasteiger partial charge in [0.15, 0.2) is 5.69 Å². The lowest BCUT2D eigenvalue weighted by atomic mass is 9.96. The van der Waals surface area contributed by atoms with Gasteiger partial charge in [-0.3, -0.25) is 4.79 Å². The van der Waals surface area contributed by atoms with Crippen LogP contribution in [0, 0.1) is 0 Å². The smallest absolute Gasteiger partial charge is 0.265 e. The van der Waals surface area contributed by atoms with Gasteiger partial charge in [-0.05, 0) is 19.1 Å². The van der Waals surface area contributed by atoms with Gasteiger partial charge in [0, 0.05) is 30.2 Å². The zero-order valence-corrected chi connectivity index (χ0v) is 17.0. The van der Waals surface area contributed by atoms with Gasteiger partial charge >= 0.3 is 0 Å². The van der Waals surface area contributed by atoms with Crippen LogP contribution in [0.15, 0.2) is 100 Å². The van der Waals surface area contributed by atoms with E-state index in [-0.39, 0.29) is 5.91 Å². The van der Waals surface area contributed by atoms with E-state index in [9.17, 15) is 4.79 Å². The van der Waals surface area contributed by atoms with Gasteiger partial charge in [0.05, 0.1) is 16.8 Å². The van der Waals surface area contributed by atoms with Crippen LogP contribution in [-0.4, -0.2) is 5.91 Å². The van der Waals surface area contributed by atoms with Gasteiger partial charge in [-0.15, -0.1) is 5.11 Å². The summed E-state index contributed by atoms with van der Waals surface area (Å²) >= 11 is 0. The lowest BCUT2D eigenvalue weighted by Crippen LogP contribution is -2.39. The van der Waals surface area contributed by atoms with Crippen LogP contribution < -0.4 is 4.48 Å². The summed E-state index contributed by atoms with van der Waals surface area (Å²) in [5.74, 6) is -0.264. The molecule has 3 aromatic carbocycles. The minimum Gasteiger partial charge on any atom is -0.265 e. The Morgan fingerprint density at radius 3 is 2.17 bits per heavy atom. The molecule has 0 fully saturated rings. The second-order valence-corrected chi connectivity index (χ2v) is 7.78. The largest absolute Gasteiger partial charge is 0.297 e. The Labute approximate surface area is 176 Å². The highest BCUT2D eigenvalue weighted by molar-refractivity contribution is 6.23. The molecule has 2 aliphatic heterocycles. The second kappa shape index (κ2) is 7.01. The van der Waals surface area contributed by atoms with E-state index in [2.05, 4.69) is 77.8 Å². The maximum atomic E-state index is 12.4. The van der Waals surface area contributed by atoms with E-state index in [4.69, 9.17) is 0 Å². The fraction of sp³-hybridized carbons (Fsp3) is 0.115. The molecule has 4 nitrogen and oxygen atoms in total. The van der Waals surface area contributed by atoms with Crippen LogP contribution >= 0.6 is 0 Å². The topological polar surface area (TPSA) is 41.8 Å². The molecule has 30 heavy (non-hydrogen) atoms. The molecule has 0 saturated carbocycles. The van der Waals surface area contributed by atoms with Gasteiger partial charge in [-0.2, -0.15) is 5.11 Å². The Balaban J connectivity index is 1.76. The van der Waals surface area contributed by atoms with Gasteiger partial charge in [0.2, 0.25) is 0 Å². The van der Waals surface area contributed by atoms with Crippen LogP contribution in [0.2, 0.25) is 0 Å². The molecule has 5 rings (SSSR count). The molecule has 0 radical (unpaired) electrons. The minimum atomic E-state index is -0.264. The SMILES string of the molecule is CC1=Cc2c(C3=C(C)N=NC3=O)cccc2[N+]1(Cc1ccccc1)c1ccccc1. The number of carbonyl (C=O) groups excluding carboxylic acids is 1. The van der Waals surface area contributed by atoms with E-state index < -0.39 is 0 Å². The average molecular weight is 392 g/mol. The number of para-hydroxylation sites is 1. The zero-order chi connectivity index (χ0) is 20.7. The normalized spacial score (nSPS) is 19.9. The number of azo groups is 1. The van der Waals surface area contributed by atoms with Crippen LogP contribution in [0.5, 0.6) is 0 Å². The molecule has 2 heterocycles. The summed E-state index contributed by atoms with van der Waals surface area (Å²) in [6.07, 6.45) is 2.21. The number of quaternary nitrogens is 1. The predicted octanol–water partition coefficient (Wildman–Crippen LogP) is 6.62. The standard InChI is InChI=1S/C26H22N3O/c1-18-16-23-22(25-19(2)27-28-26(25)30)14-9-15-24(23)29(18,21-12-7-4-8-13-21)17-20-10-5-3-6-11-20/h3-16H,17H2,1-2H3/q+1. The van der Waals surface area contributed by atoms with Crippen LogP contribution in [-0.2, 0) is 11.3 Å². The number of carbonyl (C=O) groups is 1. The molecule has 3 aromatic rings. The van der Waals surface area contributed by atoms with E-state index in [1.807, 2.05) is 31.2 Å². The van der Waals surface area contributed by atoms with Gasteiger partial charge in [0.1, 0.15) is 17.9 Å². The molecule has 1 amide bonds. The highest BCUT2D eigenvalue weighted by Gasteiger charge is 2.43. The lowest BCUT2D eigenvalue weighted by Gasteiger charge is -2.35. The third-order valence-corrected chi connectivity index (χ3v) is 6.05. The molecular formula is C26H22N3O+. The molecule has 2 aliphatic rings. The van der Waals surface area contributed by atoms with Crippen molar-refractivity contribution in [3.63, 3.8) is 0 Å². The molecule has 0 bridgehead atoms. The first-order valence-corrected chi connectivity index (χ1v) is 10.1. The van der Waals surface area contributed by atoms with Crippen molar-refractivity contribution in [3.05, 3.63) is 107 Å². The van der Waals surface area contributed by atoms with Crippen LogP contribution in [0.1, 0.15) is 30.5 Å². The first-order chi connectivity index (χ1) is 14.6. The maximum Gasteiger partial charge on any atom is 0.297 e. The number of amides is 1. The summed E-state index contributed by atoms with van der Waals surface area (Å²) < 4.78 is 0.600. The number of benzene rings is 3. The van der Waals surface area contributed by atoms with E-state index in [0.717, 1.165) is 17.7 Å². The summed E-state index contributed by atoms with van der Waals surface area (Å²) in [5.41, 5.74) is 8.09. The first kappa shape index (κ1) is 18.4. The van der Waals surface area contributed by atoms with E-state index in [1.54, 1.807) is 0 Å². The molecule has 146 valence electrons. The molecule has 4 heteroatoms.